The number of benzene rings is 2. The van der Waals surface area contributed by atoms with E-state index in [1.54, 1.807) is 6.20 Å². The average Bonchev–Trinajstić information content (AvgIpc) is 3.85. The van der Waals surface area contributed by atoms with Gasteiger partial charge in [-0.3, -0.25) is 24.0 Å². The zero-order valence-corrected chi connectivity index (χ0v) is 26.9. The number of rotatable bonds is 13. The molecule has 0 saturated carbocycles. The van der Waals surface area contributed by atoms with Crippen molar-refractivity contribution < 1.29 is 24.0 Å². The third-order valence-corrected chi connectivity index (χ3v) is 9.19. The van der Waals surface area contributed by atoms with Crippen LogP contribution in [0.1, 0.15) is 43.7 Å². The first kappa shape index (κ1) is 33.2. The minimum atomic E-state index is -1.08. The number of amides is 4. The number of nitrogens with zero attached hydrogens (tertiary/aromatic N) is 1. The van der Waals surface area contributed by atoms with E-state index in [4.69, 9.17) is 0 Å². The van der Waals surface area contributed by atoms with Gasteiger partial charge in [-0.15, -0.1) is 0 Å². The molecule has 0 unspecified atom stereocenters. The molecule has 0 bridgehead atoms. The van der Waals surface area contributed by atoms with E-state index in [2.05, 4.69) is 38.9 Å². The average molecular weight is 647 g/mol. The minimum Gasteiger partial charge on any atom is -0.361 e. The molecule has 3 heterocycles. The summed E-state index contributed by atoms with van der Waals surface area (Å²) in [6.07, 6.45) is 4.99. The summed E-state index contributed by atoms with van der Waals surface area (Å²) in [5, 5.41) is 12.7. The van der Waals surface area contributed by atoms with Crippen molar-refractivity contribution in [1.29, 1.82) is 0 Å². The van der Waals surface area contributed by atoms with Crippen molar-refractivity contribution in [2.75, 3.05) is 18.8 Å². The zero-order valence-electron chi connectivity index (χ0n) is 26.0. The van der Waals surface area contributed by atoms with Crippen LogP contribution in [0.5, 0.6) is 0 Å². The number of thiol groups is 1. The van der Waals surface area contributed by atoms with Crippen molar-refractivity contribution in [2.45, 2.75) is 75.7 Å². The molecule has 3 aromatic rings. The maximum absolute atomic E-state index is 14.0. The third kappa shape index (κ3) is 7.97. The SMILES string of the molecule is CC(=O)[C@@H]1CCCN1C(=O)[C@H](CS)NC(=O)[C@H](Cc1c[nH]c2ccccc12)NC(=O)[C@H](Cc1ccccc1)NC(=O)[C@@H]1CCCN1. The Kier molecular flexibility index (Phi) is 11.1. The van der Waals surface area contributed by atoms with Crippen LogP contribution in [0, 0.1) is 0 Å². The number of aromatic amines is 1. The van der Waals surface area contributed by atoms with Gasteiger partial charge in [0.25, 0.3) is 0 Å². The summed E-state index contributed by atoms with van der Waals surface area (Å²) in [7, 11) is 0. The Labute approximate surface area is 274 Å². The lowest BCUT2D eigenvalue weighted by Crippen LogP contribution is -2.59. The van der Waals surface area contributed by atoms with Crippen molar-refractivity contribution in [3.05, 3.63) is 71.9 Å². The lowest BCUT2D eigenvalue weighted by Gasteiger charge is -2.29. The van der Waals surface area contributed by atoms with Crippen LogP contribution in [-0.2, 0) is 36.8 Å². The molecule has 11 nitrogen and oxygen atoms in total. The number of ketones is 1. The van der Waals surface area contributed by atoms with Gasteiger partial charge in [-0.25, -0.2) is 0 Å². The van der Waals surface area contributed by atoms with Crippen molar-refractivity contribution >= 4 is 52.9 Å². The molecule has 0 radical (unpaired) electrons. The molecule has 5 rings (SSSR count). The molecule has 0 aliphatic carbocycles. The zero-order chi connectivity index (χ0) is 32.6. The van der Waals surface area contributed by atoms with Crippen molar-refractivity contribution in [3.63, 3.8) is 0 Å². The molecule has 1 aromatic heterocycles. The quantitative estimate of drug-likeness (QED) is 0.156. The standard InChI is InChI=1S/C34H42N6O5S/c1-21(41)30-14-8-16-40(30)34(45)29(20-46)39-33(44)28(18-23-19-36-25-12-6-5-11-24(23)25)38-32(43)27(17-22-9-3-2-4-10-22)37-31(42)26-13-7-15-35-26/h2-6,9-12,19,26-30,35-36,46H,7-8,13-18,20H2,1H3,(H,37,42)(H,38,43)(H,39,44)/t26-,27-,28-,29-,30-/m0/s1. The Bertz CT molecular complexity index is 1560. The fourth-order valence-corrected chi connectivity index (χ4v) is 6.60. The van der Waals surface area contributed by atoms with Crippen LogP contribution in [0.2, 0.25) is 0 Å². The van der Waals surface area contributed by atoms with E-state index in [0.29, 0.717) is 25.8 Å². The fourth-order valence-electron chi connectivity index (χ4n) is 6.35. The van der Waals surface area contributed by atoms with Crippen LogP contribution in [0.3, 0.4) is 0 Å². The summed E-state index contributed by atoms with van der Waals surface area (Å²) < 4.78 is 0. The lowest BCUT2D eigenvalue weighted by molar-refractivity contribution is -0.140. The smallest absolute Gasteiger partial charge is 0.246 e. The number of nitrogens with one attached hydrogen (secondary N) is 5. The molecule has 2 saturated heterocycles. The second-order valence-corrected chi connectivity index (χ2v) is 12.4. The Hall–Kier alpha value is -4.16. The molecule has 12 heteroatoms. The molecule has 2 aliphatic rings. The second kappa shape index (κ2) is 15.4. The van der Waals surface area contributed by atoms with Crippen LogP contribution in [0.25, 0.3) is 10.9 Å². The molecule has 5 atom stereocenters. The number of likely N-dealkylation sites (tertiary alicyclic amines) is 1. The molecule has 5 N–H and O–H groups in total. The van der Waals surface area contributed by atoms with Crippen molar-refractivity contribution in [3.8, 4) is 0 Å². The molecule has 2 aliphatic heterocycles. The lowest BCUT2D eigenvalue weighted by atomic mass is 10.0. The van der Waals surface area contributed by atoms with E-state index in [1.165, 1.54) is 11.8 Å². The first-order valence-electron chi connectivity index (χ1n) is 15.9. The number of H-pyrrole nitrogens is 1. The number of fused-ring (bicyclic) bond motifs is 1. The molecule has 2 fully saturated rings. The van der Waals surface area contributed by atoms with Crippen LogP contribution in [0.4, 0.5) is 0 Å². The first-order valence-corrected chi connectivity index (χ1v) is 16.5. The number of Topliss-reactive ketones (excluding diaryl/α,β-unsaturated/α-hetero) is 1. The van der Waals surface area contributed by atoms with Gasteiger partial charge in [0.2, 0.25) is 23.6 Å². The summed E-state index contributed by atoms with van der Waals surface area (Å²) in [5.41, 5.74) is 2.54. The highest BCUT2D eigenvalue weighted by Gasteiger charge is 2.37. The van der Waals surface area contributed by atoms with E-state index < -0.39 is 36.0 Å². The normalized spacial score (nSPS) is 19.7. The maximum atomic E-state index is 14.0. The summed E-state index contributed by atoms with van der Waals surface area (Å²) in [5.74, 6) is -1.81. The first-order chi connectivity index (χ1) is 22.2. The van der Waals surface area contributed by atoms with Gasteiger partial charge in [0.1, 0.15) is 18.1 Å². The van der Waals surface area contributed by atoms with Gasteiger partial charge in [-0.05, 0) is 56.3 Å². The van der Waals surface area contributed by atoms with Crippen LogP contribution >= 0.6 is 12.6 Å². The molecular weight excluding hydrogens is 604 g/mol. The summed E-state index contributed by atoms with van der Waals surface area (Å²) in [4.78, 5) is 71.4. The van der Waals surface area contributed by atoms with Crippen molar-refractivity contribution in [1.82, 2.24) is 31.2 Å². The fraction of sp³-hybridized carbons (Fsp3) is 0.441. The topological polar surface area (TPSA) is 152 Å². The van der Waals surface area contributed by atoms with E-state index >= 15 is 0 Å². The van der Waals surface area contributed by atoms with Gasteiger partial charge in [0, 0.05) is 42.2 Å². The number of para-hydroxylation sites is 1. The highest BCUT2D eigenvalue weighted by Crippen LogP contribution is 2.21. The highest BCUT2D eigenvalue weighted by molar-refractivity contribution is 7.80. The molecular formula is C34H42N6O5S. The predicted molar refractivity (Wildman–Crippen MR) is 178 cm³/mol. The number of carbonyl (C=O) groups excluding carboxylic acids is 5. The third-order valence-electron chi connectivity index (χ3n) is 8.83. The van der Waals surface area contributed by atoms with Gasteiger partial charge in [0.15, 0.2) is 5.78 Å². The summed E-state index contributed by atoms with van der Waals surface area (Å²) in [6.45, 7) is 2.62. The van der Waals surface area contributed by atoms with E-state index in [-0.39, 0.29) is 42.2 Å². The Morgan fingerprint density at radius 3 is 2.26 bits per heavy atom. The van der Waals surface area contributed by atoms with Gasteiger partial charge in [0.05, 0.1) is 12.1 Å². The molecule has 46 heavy (non-hydrogen) atoms. The Morgan fingerprint density at radius 1 is 0.870 bits per heavy atom. The van der Waals surface area contributed by atoms with Crippen LogP contribution in [0.15, 0.2) is 60.8 Å². The number of aromatic nitrogens is 1. The van der Waals surface area contributed by atoms with Gasteiger partial charge < -0.3 is 31.2 Å². The van der Waals surface area contributed by atoms with Gasteiger partial charge >= 0.3 is 0 Å². The molecule has 2 aromatic carbocycles. The van der Waals surface area contributed by atoms with Crippen LogP contribution < -0.4 is 21.3 Å². The Morgan fingerprint density at radius 2 is 1.57 bits per heavy atom. The van der Waals surface area contributed by atoms with E-state index in [0.717, 1.165) is 35.0 Å². The van der Waals surface area contributed by atoms with E-state index in [9.17, 15) is 24.0 Å². The van der Waals surface area contributed by atoms with Crippen molar-refractivity contribution in [2.24, 2.45) is 0 Å². The molecule has 0 spiro atoms. The van der Waals surface area contributed by atoms with Gasteiger partial charge in [-0.1, -0.05) is 48.5 Å². The molecule has 244 valence electrons. The largest absolute Gasteiger partial charge is 0.361 e. The summed E-state index contributed by atoms with van der Waals surface area (Å²) in [6, 6.07) is 13.1. The monoisotopic (exact) mass is 646 g/mol. The second-order valence-electron chi connectivity index (χ2n) is 12.1. The highest BCUT2D eigenvalue weighted by atomic mass is 32.1. The maximum Gasteiger partial charge on any atom is 0.246 e. The van der Waals surface area contributed by atoms with Gasteiger partial charge in [-0.2, -0.15) is 12.6 Å². The predicted octanol–water partition coefficient (Wildman–Crippen LogP) is 1.67. The number of hydrogen-bond acceptors (Lipinski definition) is 7. The van der Waals surface area contributed by atoms with Crippen LogP contribution in [-0.4, -0.2) is 88.3 Å². The minimum absolute atomic E-state index is 0.0144. The Balaban J connectivity index is 1.38. The van der Waals surface area contributed by atoms with E-state index in [1.807, 2.05) is 54.6 Å². The number of carbonyl (C=O) groups is 5. The number of hydrogen-bond donors (Lipinski definition) is 6. The summed E-state index contributed by atoms with van der Waals surface area (Å²) >= 11 is 4.35. The molecule has 4 amide bonds.